The molecule has 0 unspecified atom stereocenters. The van der Waals surface area contributed by atoms with Gasteiger partial charge in [-0.05, 0) is 43.2 Å². The molecule has 0 saturated heterocycles. The number of anilines is 1. The SMILES string of the molecule is Cn1cc(CC(=O)Nc2sc3c(c2C(=O)NC2CC2)CCC3)cn1. The smallest absolute Gasteiger partial charge is 0.254 e. The fourth-order valence-corrected chi connectivity index (χ4v) is 4.44. The second-order valence-corrected chi connectivity index (χ2v) is 7.66. The third-order valence-corrected chi connectivity index (χ3v) is 5.64. The van der Waals surface area contributed by atoms with Crippen molar-refractivity contribution in [2.24, 2.45) is 7.05 Å². The number of carbonyl (C=O) groups excluding carboxylic acids is 2. The molecule has 0 radical (unpaired) electrons. The minimum Gasteiger partial charge on any atom is -0.349 e. The highest BCUT2D eigenvalue weighted by atomic mass is 32.1. The Morgan fingerprint density at radius 1 is 1.38 bits per heavy atom. The summed E-state index contributed by atoms with van der Waals surface area (Å²) in [5, 5.41) is 10.8. The van der Waals surface area contributed by atoms with Crippen molar-refractivity contribution < 1.29 is 9.59 Å². The predicted molar refractivity (Wildman–Crippen MR) is 92.4 cm³/mol. The summed E-state index contributed by atoms with van der Waals surface area (Å²) < 4.78 is 1.68. The van der Waals surface area contributed by atoms with Crippen LogP contribution in [0.15, 0.2) is 12.4 Å². The lowest BCUT2D eigenvalue weighted by atomic mass is 10.1. The number of rotatable bonds is 5. The number of aromatic nitrogens is 2. The van der Waals surface area contributed by atoms with Crippen molar-refractivity contribution in [1.82, 2.24) is 15.1 Å². The lowest BCUT2D eigenvalue weighted by molar-refractivity contribution is -0.115. The van der Waals surface area contributed by atoms with Crippen molar-refractivity contribution in [2.75, 3.05) is 5.32 Å². The number of fused-ring (bicyclic) bond motifs is 1. The van der Waals surface area contributed by atoms with Crippen molar-refractivity contribution in [2.45, 2.75) is 44.6 Å². The van der Waals surface area contributed by atoms with Gasteiger partial charge in [0.25, 0.3) is 5.91 Å². The summed E-state index contributed by atoms with van der Waals surface area (Å²) in [7, 11) is 1.82. The number of nitrogens with one attached hydrogen (secondary N) is 2. The molecule has 0 spiro atoms. The molecule has 7 heteroatoms. The molecule has 0 aliphatic heterocycles. The monoisotopic (exact) mass is 344 g/mol. The van der Waals surface area contributed by atoms with E-state index in [2.05, 4.69) is 15.7 Å². The van der Waals surface area contributed by atoms with Gasteiger partial charge < -0.3 is 10.6 Å². The molecule has 126 valence electrons. The van der Waals surface area contributed by atoms with Crippen LogP contribution in [0.1, 0.15) is 45.6 Å². The topological polar surface area (TPSA) is 76.0 Å². The van der Waals surface area contributed by atoms with Crippen molar-refractivity contribution in [3.8, 4) is 0 Å². The molecular formula is C17H20N4O2S. The van der Waals surface area contributed by atoms with Crippen LogP contribution in [0, 0.1) is 0 Å². The first-order valence-corrected chi connectivity index (χ1v) is 9.14. The molecule has 2 heterocycles. The number of aryl methyl sites for hydroxylation is 2. The van der Waals surface area contributed by atoms with Gasteiger partial charge in [-0.3, -0.25) is 14.3 Å². The molecule has 2 aliphatic carbocycles. The molecule has 1 saturated carbocycles. The third kappa shape index (κ3) is 3.08. The van der Waals surface area contributed by atoms with E-state index in [1.165, 1.54) is 4.88 Å². The molecular weight excluding hydrogens is 324 g/mol. The van der Waals surface area contributed by atoms with Crippen LogP contribution in [0.3, 0.4) is 0 Å². The predicted octanol–water partition coefficient (Wildman–Crippen LogP) is 2.04. The van der Waals surface area contributed by atoms with E-state index in [-0.39, 0.29) is 18.2 Å². The van der Waals surface area contributed by atoms with Crippen LogP contribution in [-0.2, 0) is 31.1 Å². The Bertz CT molecular complexity index is 804. The van der Waals surface area contributed by atoms with Crippen LogP contribution in [0.5, 0.6) is 0 Å². The highest BCUT2D eigenvalue weighted by Gasteiger charge is 2.31. The maximum absolute atomic E-state index is 12.6. The largest absolute Gasteiger partial charge is 0.349 e. The van der Waals surface area contributed by atoms with Crippen LogP contribution in [0.2, 0.25) is 0 Å². The Labute approximate surface area is 144 Å². The molecule has 2 amide bonds. The minimum atomic E-state index is -0.108. The Hall–Kier alpha value is -2.15. The Morgan fingerprint density at radius 2 is 2.21 bits per heavy atom. The van der Waals surface area contributed by atoms with E-state index < -0.39 is 0 Å². The van der Waals surface area contributed by atoms with E-state index in [9.17, 15) is 9.59 Å². The third-order valence-electron chi connectivity index (χ3n) is 4.44. The number of thiophene rings is 1. The Morgan fingerprint density at radius 3 is 2.92 bits per heavy atom. The van der Waals surface area contributed by atoms with E-state index in [0.29, 0.717) is 16.6 Å². The number of carbonyl (C=O) groups is 2. The van der Waals surface area contributed by atoms with Crippen LogP contribution in [-0.4, -0.2) is 27.6 Å². The van der Waals surface area contributed by atoms with Crippen molar-refractivity contribution >= 4 is 28.2 Å². The fourth-order valence-electron chi connectivity index (χ4n) is 3.14. The molecule has 2 aromatic heterocycles. The van der Waals surface area contributed by atoms with Crippen molar-refractivity contribution in [3.63, 3.8) is 0 Å². The molecule has 2 aliphatic rings. The van der Waals surface area contributed by atoms with E-state index in [0.717, 1.165) is 43.2 Å². The quantitative estimate of drug-likeness (QED) is 0.871. The van der Waals surface area contributed by atoms with Crippen LogP contribution in [0.4, 0.5) is 5.00 Å². The van der Waals surface area contributed by atoms with Gasteiger partial charge in [-0.1, -0.05) is 0 Å². The molecule has 0 aromatic carbocycles. The van der Waals surface area contributed by atoms with Crippen molar-refractivity contribution in [1.29, 1.82) is 0 Å². The zero-order valence-electron chi connectivity index (χ0n) is 13.6. The second kappa shape index (κ2) is 6.05. The van der Waals surface area contributed by atoms with Gasteiger partial charge in [0.05, 0.1) is 18.2 Å². The van der Waals surface area contributed by atoms with Gasteiger partial charge in [0.15, 0.2) is 0 Å². The number of hydrogen-bond donors (Lipinski definition) is 2. The van der Waals surface area contributed by atoms with Crippen molar-refractivity contribution in [3.05, 3.63) is 34.0 Å². The first-order valence-electron chi connectivity index (χ1n) is 8.33. The van der Waals surface area contributed by atoms with E-state index in [4.69, 9.17) is 0 Å². The molecule has 0 bridgehead atoms. The average Bonchev–Trinajstić information content (AvgIpc) is 2.90. The summed E-state index contributed by atoms with van der Waals surface area (Å²) in [5.74, 6) is -0.142. The summed E-state index contributed by atoms with van der Waals surface area (Å²) >= 11 is 1.55. The summed E-state index contributed by atoms with van der Waals surface area (Å²) in [6, 6.07) is 0.313. The first-order chi connectivity index (χ1) is 11.6. The van der Waals surface area contributed by atoms with Crippen LogP contribution < -0.4 is 10.6 Å². The van der Waals surface area contributed by atoms with Gasteiger partial charge in [0.1, 0.15) is 5.00 Å². The maximum atomic E-state index is 12.6. The minimum absolute atomic E-state index is 0.0337. The molecule has 1 fully saturated rings. The van der Waals surface area contributed by atoms with Gasteiger partial charge in [-0.2, -0.15) is 5.10 Å². The van der Waals surface area contributed by atoms with Gasteiger partial charge in [-0.15, -0.1) is 11.3 Å². The Balaban J connectivity index is 1.53. The first kappa shape index (κ1) is 15.4. The molecule has 4 rings (SSSR count). The lowest BCUT2D eigenvalue weighted by Crippen LogP contribution is -2.27. The number of amides is 2. The number of hydrogen-bond acceptors (Lipinski definition) is 4. The van der Waals surface area contributed by atoms with Gasteiger partial charge in [0.2, 0.25) is 5.91 Å². The van der Waals surface area contributed by atoms with E-state index in [1.807, 2.05) is 13.2 Å². The maximum Gasteiger partial charge on any atom is 0.254 e. The molecule has 24 heavy (non-hydrogen) atoms. The lowest BCUT2D eigenvalue weighted by Gasteiger charge is -2.08. The zero-order chi connectivity index (χ0) is 16.7. The van der Waals surface area contributed by atoms with Gasteiger partial charge in [-0.25, -0.2) is 0 Å². The van der Waals surface area contributed by atoms with Gasteiger partial charge in [0, 0.05) is 24.2 Å². The van der Waals surface area contributed by atoms with Gasteiger partial charge >= 0.3 is 0 Å². The second-order valence-electron chi connectivity index (χ2n) is 6.56. The molecule has 2 N–H and O–H groups in total. The standard InChI is InChI=1S/C17H20N4O2S/c1-21-9-10(8-18-21)7-14(22)20-17-15(16(23)19-11-5-6-11)12-3-2-4-13(12)24-17/h8-9,11H,2-7H2,1H3,(H,19,23)(H,20,22). The average molecular weight is 344 g/mol. The summed E-state index contributed by atoms with van der Waals surface area (Å²) in [6.45, 7) is 0. The zero-order valence-corrected chi connectivity index (χ0v) is 14.4. The molecule has 0 atom stereocenters. The van der Waals surface area contributed by atoms with Crippen LogP contribution >= 0.6 is 11.3 Å². The van der Waals surface area contributed by atoms with Crippen LogP contribution in [0.25, 0.3) is 0 Å². The fraction of sp³-hybridized carbons (Fsp3) is 0.471. The highest BCUT2D eigenvalue weighted by Crippen LogP contribution is 2.39. The molecule has 2 aromatic rings. The number of nitrogens with zero attached hydrogens (tertiary/aromatic N) is 2. The summed E-state index contributed by atoms with van der Waals surface area (Å²) in [6.07, 6.45) is 8.92. The highest BCUT2D eigenvalue weighted by molar-refractivity contribution is 7.17. The normalized spacial score (nSPS) is 16.0. The summed E-state index contributed by atoms with van der Waals surface area (Å²) in [4.78, 5) is 26.2. The Kier molecular flexibility index (Phi) is 3.88. The molecule has 6 nitrogen and oxygen atoms in total. The summed E-state index contributed by atoms with van der Waals surface area (Å²) in [5.41, 5.74) is 2.69. The van der Waals surface area contributed by atoms with E-state index >= 15 is 0 Å². The van der Waals surface area contributed by atoms with E-state index in [1.54, 1.807) is 22.2 Å².